The zero-order valence-electron chi connectivity index (χ0n) is 23.1. The molecule has 0 aliphatic heterocycles. The summed E-state index contributed by atoms with van der Waals surface area (Å²) in [5.41, 5.74) is 6.11. The maximum absolute atomic E-state index is 13.4. The number of nitrogens with two attached hydrogens (primary N) is 1. The van der Waals surface area contributed by atoms with Crippen LogP contribution < -0.4 is 16.4 Å². The quantitative estimate of drug-likeness (QED) is 0.234. The molecule has 8 nitrogen and oxygen atoms in total. The number of rotatable bonds is 14. The van der Waals surface area contributed by atoms with Gasteiger partial charge in [-0.1, -0.05) is 63.9 Å². The minimum Gasteiger partial charge on any atom is -0.398 e. The first-order valence-electron chi connectivity index (χ1n) is 13.4. The van der Waals surface area contributed by atoms with Crippen LogP contribution in [0.25, 0.3) is 10.1 Å². The molecule has 0 saturated heterocycles. The Morgan fingerprint density at radius 3 is 2.38 bits per heavy atom. The summed E-state index contributed by atoms with van der Waals surface area (Å²) < 4.78 is 28.4. The molecule has 2 atom stereocenters. The van der Waals surface area contributed by atoms with Gasteiger partial charge >= 0.3 is 0 Å². The molecule has 0 fully saturated rings. The number of nitrogens with one attached hydrogen (secondary N) is 2. The molecule has 0 radical (unpaired) electrons. The number of thiophene rings is 1. The molecule has 1 heterocycles. The van der Waals surface area contributed by atoms with Gasteiger partial charge in [-0.3, -0.25) is 9.59 Å². The lowest BCUT2D eigenvalue weighted by molar-refractivity contribution is -0.124. The molecule has 10 heteroatoms. The number of sulfonamides is 1. The minimum absolute atomic E-state index is 0.0718. The normalized spacial score (nSPS) is 13.5. The molecule has 39 heavy (non-hydrogen) atoms. The average Bonchev–Trinajstić information content (AvgIpc) is 3.34. The van der Waals surface area contributed by atoms with Gasteiger partial charge in [0.2, 0.25) is 15.9 Å². The van der Waals surface area contributed by atoms with Crippen molar-refractivity contribution in [3.63, 3.8) is 0 Å². The van der Waals surface area contributed by atoms with Gasteiger partial charge in [-0.2, -0.15) is 0 Å². The van der Waals surface area contributed by atoms with Gasteiger partial charge in [-0.25, -0.2) is 12.7 Å². The van der Waals surface area contributed by atoms with Crippen LogP contribution in [0.2, 0.25) is 0 Å². The summed E-state index contributed by atoms with van der Waals surface area (Å²) in [7, 11) is -2.24. The van der Waals surface area contributed by atoms with Gasteiger partial charge in [0.15, 0.2) is 0 Å². The first-order chi connectivity index (χ1) is 18.5. The number of carbonyl (C=O) groups is 2. The zero-order chi connectivity index (χ0) is 28.6. The summed E-state index contributed by atoms with van der Waals surface area (Å²) in [4.78, 5) is 27.2. The van der Waals surface area contributed by atoms with Crippen LogP contribution in [0.3, 0.4) is 0 Å². The molecule has 0 bridgehead atoms. The Labute approximate surface area is 236 Å². The Morgan fingerprint density at radius 2 is 1.72 bits per heavy atom. The number of unbranched alkanes of at least 4 members (excludes halogenated alkanes) is 1. The van der Waals surface area contributed by atoms with E-state index in [0.717, 1.165) is 22.9 Å². The number of hydrogen-bond acceptors (Lipinski definition) is 6. The Bertz CT molecular complexity index is 1340. The maximum atomic E-state index is 13.4. The van der Waals surface area contributed by atoms with Crippen LogP contribution in [-0.4, -0.2) is 50.2 Å². The molecular formula is C29H40N4O4S2. The van der Waals surface area contributed by atoms with Crippen molar-refractivity contribution in [2.75, 3.05) is 19.3 Å². The maximum Gasteiger partial charge on any atom is 0.262 e. The van der Waals surface area contributed by atoms with Gasteiger partial charge in [0.1, 0.15) is 10.9 Å². The van der Waals surface area contributed by atoms with Crippen LogP contribution >= 0.6 is 11.3 Å². The van der Waals surface area contributed by atoms with Crippen molar-refractivity contribution < 1.29 is 18.0 Å². The van der Waals surface area contributed by atoms with E-state index in [-0.39, 0.29) is 40.9 Å². The molecule has 0 saturated carbocycles. The number of anilines is 1. The van der Waals surface area contributed by atoms with E-state index in [1.165, 1.54) is 28.8 Å². The average molecular weight is 573 g/mol. The predicted octanol–water partition coefficient (Wildman–Crippen LogP) is 5.01. The van der Waals surface area contributed by atoms with Crippen LogP contribution in [-0.2, 0) is 14.8 Å². The van der Waals surface area contributed by atoms with Crippen molar-refractivity contribution in [2.45, 2.75) is 69.9 Å². The fraction of sp³-hybridized carbons (Fsp3) is 0.448. The Kier molecular flexibility index (Phi) is 10.9. The number of carbonyl (C=O) groups excluding carboxylic acids is 2. The predicted molar refractivity (Wildman–Crippen MR) is 159 cm³/mol. The third kappa shape index (κ3) is 8.27. The van der Waals surface area contributed by atoms with Crippen LogP contribution in [0.4, 0.5) is 5.69 Å². The number of benzene rings is 2. The van der Waals surface area contributed by atoms with Crippen LogP contribution in [0.15, 0.2) is 59.5 Å². The third-order valence-electron chi connectivity index (χ3n) is 6.63. The molecular weight excluding hydrogens is 532 g/mol. The fourth-order valence-corrected chi connectivity index (χ4v) is 6.67. The van der Waals surface area contributed by atoms with E-state index in [1.54, 1.807) is 18.2 Å². The van der Waals surface area contributed by atoms with Crippen LogP contribution in [0, 0.1) is 5.92 Å². The topological polar surface area (TPSA) is 122 Å². The van der Waals surface area contributed by atoms with E-state index in [0.29, 0.717) is 24.1 Å². The lowest BCUT2D eigenvalue weighted by Gasteiger charge is -2.26. The summed E-state index contributed by atoms with van der Waals surface area (Å²) in [5.74, 6) is -0.337. The first kappa shape index (κ1) is 30.6. The fourth-order valence-electron chi connectivity index (χ4n) is 4.41. The van der Waals surface area contributed by atoms with Gasteiger partial charge < -0.3 is 16.4 Å². The lowest BCUT2D eigenvalue weighted by Crippen LogP contribution is -2.50. The molecule has 1 aromatic heterocycles. The van der Waals surface area contributed by atoms with Gasteiger partial charge in [-0.05, 0) is 54.8 Å². The lowest BCUT2D eigenvalue weighted by atomic mass is 10.0. The first-order valence-corrected chi connectivity index (χ1v) is 15.7. The number of amides is 2. The van der Waals surface area contributed by atoms with E-state index < -0.39 is 16.1 Å². The molecule has 2 aromatic carbocycles. The van der Waals surface area contributed by atoms with E-state index in [1.807, 2.05) is 44.2 Å². The van der Waals surface area contributed by atoms with Crippen molar-refractivity contribution in [3.05, 3.63) is 59.5 Å². The Hall–Kier alpha value is -2.95. The van der Waals surface area contributed by atoms with E-state index >= 15 is 0 Å². The summed E-state index contributed by atoms with van der Waals surface area (Å²) in [6, 6.07) is 15.1. The highest BCUT2D eigenvalue weighted by Gasteiger charge is 2.27. The van der Waals surface area contributed by atoms with E-state index in [9.17, 15) is 18.0 Å². The third-order valence-corrected chi connectivity index (χ3v) is 9.68. The summed E-state index contributed by atoms with van der Waals surface area (Å²) in [6.07, 6.45) is 3.47. The molecule has 3 aromatic rings. The second-order valence-corrected chi connectivity index (χ2v) is 13.4. The van der Waals surface area contributed by atoms with Gasteiger partial charge in [0, 0.05) is 24.3 Å². The van der Waals surface area contributed by atoms with Gasteiger partial charge in [0.25, 0.3) is 5.91 Å². The number of nitrogens with zero attached hydrogens (tertiary/aromatic N) is 1. The molecule has 212 valence electrons. The summed E-state index contributed by atoms with van der Waals surface area (Å²) in [5, 5.41) is 7.04. The monoisotopic (exact) mass is 572 g/mol. The highest BCUT2D eigenvalue weighted by Crippen LogP contribution is 2.25. The number of fused-ring (bicyclic) bond motifs is 1. The van der Waals surface area contributed by atoms with Crippen molar-refractivity contribution in [3.8, 4) is 0 Å². The number of para-hydroxylation sites is 1. The van der Waals surface area contributed by atoms with E-state index in [4.69, 9.17) is 5.73 Å². The second-order valence-electron chi connectivity index (χ2n) is 10.3. The minimum atomic E-state index is -3.76. The van der Waals surface area contributed by atoms with Crippen molar-refractivity contribution in [1.82, 2.24) is 14.9 Å². The Morgan fingerprint density at radius 1 is 1.03 bits per heavy atom. The second kappa shape index (κ2) is 13.9. The molecule has 3 rings (SSSR count). The molecule has 4 N–H and O–H groups in total. The van der Waals surface area contributed by atoms with Crippen LogP contribution in [0.1, 0.15) is 62.5 Å². The van der Waals surface area contributed by atoms with Crippen LogP contribution in [0.5, 0.6) is 0 Å². The molecule has 0 aliphatic rings. The van der Waals surface area contributed by atoms with Crippen molar-refractivity contribution in [2.24, 2.45) is 5.92 Å². The van der Waals surface area contributed by atoms with Gasteiger partial charge in [-0.15, -0.1) is 11.3 Å². The SMILES string of the molecule is CCCCC(CCN(C)S(=O)(=O)c1ccccc1N)NC(=O)[C@H](CC(C)C)NC(=O)c1cc2ccccc2s1. The Balaban J connectivity index is 1.69. The largest absolute Gasteiger partial charge is 0.398 e. The standard InChI is InChI=1S/C29H40N4O4S2/c1-5-6-12-22(16-17-33(4)39(36,37)27-15-10-8-13-23(27)30)31-28(34)24(18-20(2)3)32-29(35)26-19-21-11-7-9-14-25(21)38-26/h7-11,13-15,19-20,22,24H,5-6,12,16-18,30H2,1-4H3,(H,31,34)(H,32,35)/t22?,24-/m0/s1. The van der Waals surface area contributed by atoms with E-state index in [2.05, 4.69) is 17.6 Å². The highest BCUT2D eigenvalue weighted by molar-refractivity contribution is 7.89. The summed E-state index contributed by atoms with van der Waals surface area (Å²) >= 11 is 1.40. The highest BCUT2D eigenvalue weighted by atomic mass is 32.2. The van der Waals surface area contributed by atoms with Crippen molar-refractivity contribution in [1.29, 1.82) is 0 Å². The zero-order valence-corrected chi connectivity index (χ0v) is 24.8. The molecule has 2 amide bonds. The number of hydrogen-bond donors (Lipinski definition) is 3. The molecule has 0 aliphatic carbocycles. The smallest absolute Gasteiger partial charge is 0.262 e. The number of nitrogen functional groups attached to an aromatic ring is 1. The molecule has 0 spiro atoms. The van der Waals surface area contributed by atoms with Crippen molar-refractivity contribution >= 4 is 48.9 Å². The molecule has 1 unspecified atom stereocenters. The summed E-state index contributed by atoms with van der Waals surface area (Å²) in [6.45, 7) is 6.31. The van der Waals surface area contributed by atoms with Gasteiger partial charge in [0.05, 0.1) is 10.6 Å².